The molecular formula is C27H21N3. The third kappa shape index (κ3) is 2.49. The topological polar surface area (TPSA) is 35.9 Å². The zero-order chi connectivity index (χ0) is 20.1. The van der Waals surface area contributed by atoms with Crippen LogP contribution in [0.25, 0.3) is 44.1 Å². The number of rotatable bonds is 3. The van der Waals surface area contributed by atoms with Crippen LogP contribution in [0.2, 0.25) is 0 Å². The average Bonchev–Trinajstić information content (AvgIpc) is 3.37. The molecule has 2 aromatic heterocycles. The van der Waals surface area contributed by atoms with Gasteiger partial charge in [-0.3, -0.25) is 0 Å². The molecule has 0 radical (unpaired) electrons. The molecule has 0 saturated carbocycles. The van der Waals surface area contributed by atoms with Crippen LogP contribution in [0.3, 0.4) is 0 Å². The van der Waals surface area contributed by atoms with Gasteiger partial charge in [-0.15, -0.1) is 0 Å². The molecule has 0 atom stereocenters. The fraction of sp³-hybridized carbons (Fsp3) is 0.0370. The lowest BCUT2D eigenvalue weighted by atomic mass is 10.1. The van der Waals surface area contributed by atoms with Crippen LogP contribution >= 0.6 is 0 Å². The number of fused-ring (bicyclic) bond motifs is 4. The molecule has 30 heavy (non-hydrogen) atoms. The van der Waals surface area contributed by atoms with Crippen molar-refractivity contribution in [3.63, 3.8) is 0 Å². The van der Waals surface area contributed by atoms with Gasteiger partial charge < -0.3 is 14.9 Å². The third-order valence-electron chi connectivity index (χ3n) is 5.92. The van der Waals surface area contributed by atoms with Gasteiger partial charge in [0.25, 0.3) is 0 Å². The zero-order valence-corrected chi connectivity index (χ0v) is 16.5. The van der Waals surface area contributed by atoms with E-state index in [2.05, 4.69) is 112 Å². The number of hydrogen-bond acceptors (Lipinski definition) is 1. The van der Waals surface area contributed by atoms with Crippen LogP contribution in [0.1, 0.15) is 5.56 Å². The second-order valence-electron chi connectivity index (χ2n) is 7.68. The van der Waals surface area contributed by atoms with Gasteiger partial charge in [-0.25, -0.2) is 0 Å². The molecule has 6 aromatic rings. The summed E-state index contributed by atoms with van der Waals surface area (Å²) >= 11 is 0. The number of hydrogen-bond donors (Lipinski definition) is 1. The molecular weight excluding hydrogens is 366 g/mol. The predicted octanol–water partition coefficient (Wildman–Crippen LogP) is 6.19. The molecule has 2 heterocycles. The molecule has 0 aliphatic carbocycles. The molecule has 144 valence electrons. The third-order valence-corrected chi connectivity index (χ3v) is 5.92. The van der Waals surface area contributed by atoms with Crippen molar-refractivity contribution in [1.29, 1.82) is 0 Å². The number of aromatic nitrogens is 2. The minimum Gasteiger partial charge on any atom is -0.326 e. The lowest BCUT2D eigenvalue weighted by Crippen LogP contribution is -1.99. The lowest BCUT2D eigenvalue weighted by Gasteiger charge is -2.10. The van der Waals surface area contributed by atoms with Gasteiger partial charge >= 0.3 is 0 Å². The second-order valence-corrected chi connectivity index (χ2v) is 7.68. The lowest BCUT2D eigenvalue weighted by molar-refractivity contribution is 1.06. The van der Waals surface area contributed by atoms with Gasteiger partial charge in [0, 0.05) is 40.3 Å². The second kappa shape index (κ2) is 6.61. The first-order valence-electron chi connectivity index (χ1n) is 10.2. The van der Waals surface area contributed by atoms with Crippen LogP contribution in [0.15, 0.2) is 103 Å². The van der Waals surface area contributed by atoms with Gasteiger partial charge in [-0.05, 0) is 54.1 Å². The molecule has 3 nitrogen and oxygen atoms in total. The Hall–Kier alpha value is -3.82. The average molecular weight is 387 g/mol. The summed E-state index contributed by atoms with van der Waals surface area (Å²) in [4.78, 5) is 0. The number of para-hydroxylation sites is 2. The van der Waals surface area contributed by atoms with Crippen molar-refractivity contribution in [3.8, 4) is 11.4 Å². The summed E-state index contributed by atoms with van der Waals surface area (Å²) in [6.45, 7) is 0.534. The molecule has 0 bridgehead atoms. The summed E-state index contributed by atoms with van der Waals surface area (Å²) < 4.78 is 4.61. The molecule has 4 aromatic carbocycles. The van der Waals surface area contributed by atoms with E-state index in [1.807, 2.05) is 0 Å². The van der Waals surface area contributed by atoms with Crippen LogP contribution in [0.4, 0.5) is 0 Å². The van der Waals surface area contributed by atoms with E-state index in [1.165, 1.54) is 38.4 Å². The van der Waals surface area contributed by atoms with Crippen LogP contribution in [-0.2, 0) is 6.54 Å². The molecule has 0 spiro atoms. The maximum atomic E-state index is 5.93. The summed E-state index contributed by atoms with van der Waals surface area (Å²) in [6.07, 6.45) is 2.15. The summed E-state index contributed by atoms with van der Waals surface area (Å²) in [7, 11) is 0. The number of nitrogens with two attached hydrogens (primary N) is 1. The Morgan fingerprint density at radius 2 is 1.40 bits per heavy atom. The molecule has 0 aliphatic rings. The summed E-state index contributed by atoms with van der Waals surface area (Å²) in [5, 5.41) is 3.77. The van der Waals surface area contributed by atoms with E-state index in [1.54, 1.807) is 0 Å². The minimum atomic E-state index is 0.534. The van der Waals surface area contributed by atoms with E-state index in [9.17, 15) is 0 Å². The van der Waals surface area contributed by atoms with Crippen molar-refractivity contribution in [3.05, 3.63) is 109 Å². The first-order chi connectivity index (χ1) is 14.8. The van der Waals surface area contributed by atoms with E-state index in [0.717, 1.165) is 11.3 Å². The molecule has 3 heteroatoms. The summed E-state index contributed by atoms with van der Waals surface area (Å²) in [5.41, 5.74) is 13.0. The molecule has 0 saturated heterocycles. The zero-order valence-electron chi connectivity index (χ0n) is 16.5. The Kier molecular flexibility index (Phi) is 3.76. The molecule has 0 amide bonds. The molecule has 0 unspecified atom stereocenters. The first-order valence-corrected chi connectivity index (χ1v) is 10.2. The standard InChI is InChI=1S/C27H21N3/c28-18-19-7-6-10-22(15-19)30-25-12-5-4-11-23(25)24-16-20-13-14-29(26(20)17-27(24)30)21-8-2-1-3-9-21/h1-17H,18,28H2. The van der Waals surface area contributed by atoms with E-state index >= 15 is 0 Å². The molecule has 6 rings (SSSR count). The normalized spacial score (nSPS) is 11.6. The number of nitrogens with zero attached hydrogens (tertiary/aromatic N) is 2. The van der Waals surface area contributed by atoms with Gasteiger partial charge in [0.2, 0.25) is 0 Å². The fourth-order valence-electron chi connectivity index (χ4n) is 4.51. The van der Waals surface area contributed by atoms with Gasteiger partial charge in [0.15, 0.2) is 0 Å². The Balaban J connectivity index is 1.73. The van der Waals surface area contributed by atoms with E-state index < -0.39 is 0 Å². The van der Waals surface area contributed by atoms with E-state index in [0.29, 0.717) is 6.54 Å². The highest BCUT2D eigenvalue weighted by molar-refractivity contribution is 6.13. The van der Waals surface area contributed by atoms with E-state index in [-0.39, 0.29) is 0 Å². The highest BCUT2D eigenvalue weighted by Gasteiger charge is 2.15. The van der Waals surface area contributed by atoms with E-state index in [4.69, 9.17) is 5.73 Å². The summed E-state index contributed by atoms with van der Waals surface area (Å²) in [5.74, 6) is 0. The monoisotopic (exact) mass is 387 g/mol. The van der Waals surface area contributed by atoms with Crippen LogP contribution < -0.4 is 5.73 Å². The van der Waals surface area contributed by atoms with Crippen molar-refractivity contribution in [2.75, 3.05) is 0 Å². The van der Waals surface area contributed by atoms with Crippen LogP contribution in [-0.4, -0.2) is 9.13 Å². The van der Waals surface area contributed by atoms with Gasteiger partial charge in [-0.2, -0.15) is 0 Å². The predicted molar refractivity (Wildman–Crippen MR) is 126 cm³/mol. The van der Waals surface area contributed by atoms with Gasteiger partial charge in [0.05, 0.1) is 16.6 Å². The van der Waals surface area contributed by atoms with Gasteiger partial charge in [-0.1, -0.05) is 48.5 Å². The van der Waals surface area contributed by atoms with Gasteiger partial charge in [0.1, 0.15) is 0 Å². The highest BCUT2D eigenvalue weighted by atomic mass is 15.0. The Morgan fingerprint density at radius 3 is 2.27 bits per heavy atom. The fourth-order valence-corrected chi connectivity index (χ4v) is 4.51. The Bertz CT molecular complexity index is 1520. The Labute approximate surface area is 174 Å². The van der Waals surface area contributed by atoms with Crippen LogP contribution in [0, 0.1) is 0 Å². The molecule has 0 fully saturated rings. The highest BCUT2D eigenvalue weighted by Crippen LogP contribution is 2.35. The van der Waals surface area contributed by atoms with Crippen molar-refractivity contribution in [1.82, 2.24) is 9.13 Å². The van der Waals surface area contributed by atoms with Crippen molar-refractivity contribution >= 4 is 32.7 Å². The SMILES string of the molecule is NCc1cccc(-n2c3ccccc3c3cc4ccn(-c5ccccc5)c4cc32)c1. The molecule has 2 N–H and O–H groups in total. The smallest absolute Gasteiger partial charge is 0.0562 e. The number of benzene rings is 4. The molecule has 0 aliphatic heterocycles. The van der Waals surface area contributed by atoms with Crippen LogP contribution in [0.5, 0.6) is 0 Å². The maximum absolute atomic E-state index is 5.93. The largest absolute Gasteiger partial charge is 0.326 e. The van der Waals surface area contributed by atoms with Crippen molar-refractivity contribution in [2.45, 2.75) is 6.54 Å². The first kappa shape index (κ1) is 17.1. The quantitative estimate of drug-likeness (QED) is 0.386. The minimum absolute atomic E-state index is 0.534. The summed E-state index contributed by atoms with van der Waals surface area (Å²) in [6, 6.07) is 34.5. The van der Waals surface area contributed by atoms with Crippen molar-refractivity contribution in [2.24, 2.45) is 5.73 Å². The van der Waals surface area contributed by atoms with Crippen molar-refractivity contribution < 1.29 is 0 Å². The Morgan fingerprint density at radius 1 is 0.600 bits per heavy atom. The maximum Gasteiger partial charge on any atom is 0.0562 e.